The molecule has 11 heteroatoms. The van der Waals surface area contributed by atoms with E-state index in [9.17, 15) is 24.0 Å². The van der Waals surface area contributed by atoms with Gasteiger partial charge >= 0.3 is 6.09 Å². The molecule has 1 aliphatic heterocycles. The maximum atomic E-state index is 13.1. The highest BCUT2D eigenvalue weighted by Crippen LogP contribution is 2.13. The van der Waals surface area contributed by atoms with Crippen molar-refractivity contribution in [2.75, 3.05) is 19.7 Å². The number of carbonyl (C=O) groups is 5. The first-order valence-electron chi connectivity index (χ1n) is 12.4. The van der Waals surface area contributed by atoms with Crippen molar-refractivity contribution in [3.05, 3.63) is 48.6 Å². The van der Waals surface area contributed by atoms with Gasteiger partial charge in [0.05, 0.1) is 6.54 Å². The van der Waals surface area contributed by atoms with Crippen molar-refractivity contribution in [2.45, 2.75) is 57.7 Å². The van der Waals surface area contributed by atoms with Crippen LogP contribution >= 0.6 is 0 Å². The summed E-state index contributed by atoms with van der Waals surface area (Å²) < 4.78 is 4.87. The number of piperidine rings is 1. The number of carbonyl (C=O) groups excluding carboxylic acids is 5. The third-order valence-electron chi connectivity index (χ3n) is 6.24. The normalized spacial score (nSPS) is 17.6. The molecule has 202 valence electrons. The van der Waals surface area contributed by atoms with Crippen molar-refractivity contribution in [2.24, 2.45) is 11.7 Å². The van der Waals surface area contributed by atoms with E-state index in [2.05, 4.69) is 22.5 Å². The molecule has 1 aromatic carbocycles. The summed E-state index contributed by atoms with van der Waals surface area (Å²) in [6, 6.07) is 6.46. The van der Waals surface area contributed by atoms with Crippen LogP contribution in [0.1, 0.15) is 38.7 Å². The second-order valence-corrected chi connectivity index (χ2v) is 9.07. The molecule has 0 aromatic heterocycles. The van der Waals surface area contributed by atoms with E-state index < -0.39 is 47.8 Å². The zero-order valence-electron chi connectivity index (χ0n) is 21.4. The molecule has 0 unspecified atom stereocenters. The van der Waals surface area contributed by atoms with Gasteiger partial charge < -0.3 is 31.3 Å². The average Bonchev–Trinajstić information content (AvgIpc) is 2.88. The number of alkyl carbamates (subject to hydrolysis) is 1. The Kier molecular flexibility index (Phi) is 11.6. The van der Waals surface area contributed by atoms with E-state index in [-0.39, 0.29) is 25.5 Å². The summed E-state index contributed by atoms with van der Waals surface area (Å²) in [5.41, 5.74) is 6.36. The number of nitrogens with one attached hydrogen (secondary N) is 3. The molecule has 2 rings (SSSR count). The zero-order chi connectivity index (χ0) is 27.4. The standard InChI is InChI=1S/C26H37N5O6/c1-4-14-37-26(36)29-19-12-9-13-31(25(19)35)16-21(32)30-22(17(3)5-2)24(34)28-20(23(27)33)15-18-10-7-6-8-11-18/h4,6-8,10-11,17,19-20,22H,1,5,9,12-16H2,2-3H3,(H2,27,33)(H,28,34)(H,29,36)(H,30,32)/t17-,19-,20-,22-/m0/s1. The van der Waals surface area contributed by atoms with Crippen molar-refractivity contribution in [1.29, 1.82) is 0 Å². The molecule has 1 saturated heterocycles. The number of amides is 5. The molecule has 4 atom stereocenters. The molecular formula is C26H37N5O6. The zero-order valence-corrected chi connectivity index (χ0v) is 21.4. The Morgan fingerprint density at radius 3 is 2.54 bits per heavy atom. The molecule has 0 aliphatic carbocycles. The first kappa shape index (κ1) is 29.3. The van der Waals surface area contributed by atoms with Gasteiger partial charge in [0.25, 0.3) is 0 Å². The second kappa shape index (κ2) is 14.6. The number of benzene rings is 1. The number of nitrogens with two attached hydrogens (primary N) is 1. The Hall–Kier alpha value is -3.89. The molecule has 0 spiro atoms. The average molecular weight is 516 g/mol. The van der Waals surface area contributed by atoms with Crippen molar-refractivity contribution in [3.8, 4) is 0 Å². The molecule has 1 aliphatic rings. The van der Waals surface area contributed by atoms with Crippen molar-refractivity contribution in [1.82, 2.24) is 20.9 Å². The molecule has 5 amide bonds. The number of nitrogens with zero attached hydrogens (tertiary/aromatic N) is 1. The van der Waals surface area contributed by atoms with Crippen LogP contribution in [0.3, 0.4) is 0 Å². The van der Waals surface area contributed by atoms with Crippen LogP contribution in [0.5, 0.6) is 0 Å². The van der Waals surface area contributed by atoms with Gasteiger partial charge in [-0.2, -0.15) is 0 Å². The number of ether oxygens (including phenoxy) is 1. The third-order valence-corrected chi connectivity index (χ3v) is 6.24. The SMILES string of the molecule is C=CCOC(=O)N[C@H]1CCCN(CC(=O)N[C@H](C(=O)N[C@@H](Cc2ccccc2)C(N)=O)[C@@H](C)CC)C1=O. The molecule has 0 saturated carbocycles. The summed E-state index contributed by atoms with van der Waals surface area (Å²) >= 11 is 0. The summed E-state index contributed by atoms with van der Waals surface area (Å²) in [5.74, 6) is -2.40. The quantitative estimate of drug-likeness (QED) is 0.282. The Morgan fingerprint density at radius 1 is 1.22 bits per heavy atom. The molecule has 1 fully saturated rings. The van der Waals surface area contributed by atoms with E-state index >= 15 is 0 Å². The van der Waals surface area contributed by atoms with E-state index in [1.165, 1.54) is 11.0 Å². The lowest BCUT2D eigenvalue weighted by atomic mass is 9.97. The fourth-order valence-corrected chi connectivity index (χ4v) is 3.98. The smallest absolute Gasteiger partial charge is 0.408 e. The second-order valence-electron chi connectivity index (χ2n) is 9.07. The summed E-state index contributed by atoms with van der Waals surface area (Å²) in [4.78, 5) is 64.0. The van der Waals surface area contributed by atoms with E-state index in [4.69, 9.17) is 10.5 Å². The predicted octanol–water partition coefficient (Wildman–Crippen LogP) is 0.633. The summed E-state index contributed by atoms with van der Waals surface area (Å²) in [6.45, 7) is 7.22. The highest BCUT2D eigenvalue weighted by Gasteiger charge is 2.33. The minimum absolute atomic E-state index is 0.0138. The lowest BCUT2D eigenvalue weighted by Crippen LogP contribution is -2.58. The van der Waals surface area contributed by atoms with Crippen LogP contribution in [0.4, 0.5) is 4.79 Å². The minimum atomic E-state index is -0.949. The van der Waals surface area contributed by atoms with Crippen LogP contribution < -0.4 is 21.7 Å². The van der Waals surface area contributed by atoms with Crippen molar-refractivity contribution >= 4 is 29.7 Å². The Balaban J connectivity index is 2.01. The van der Waals surface area contributed by atoms with E-state index in [0.717, 1.165) is 5.56 Å². The van der Waals surface area contributed by atoms with E-state index in [1.807, 2.05) is 44.2 Å². The lowest BCUT2D eigenvalue weighted by Gasteiger charge is -2.33. The Morgan fingerprint density at radius 2 is 1.92 bits per heavy atom. The molecule has 0 bridgehead atoms. The lowest BCUT2D eigenvalue weighted by molar-refractivity contribution is -0.140. The topological polar surface area (TPSA) is 160 Å². The monoisotopic (exact) mass is 515 g/mol. The highest BCUT2D eigenvalue weighted by atomic mass is 16.5. The molecule has 5 N–H and O–H groups in total. The molecule has 1 heterocycles. The molecular weight excluding hydrogens is 478 g/mol. The predicted molar refractivity (Wildman–Crippen MR) is 137 cm³/mol. The fourth-order valence-electron chi connectivity index (χ4n) is 3.98. The number of rotatable bonds is 13. The van der Waals surface area contributed by atoms with E-state index in [1.54, 1.807) is 0 Å². The summed E-state index contributed by atoms with van der Waals surface area (Å²) in [7, 11) is 0. The maximum absolute atomic E-state index is 13.1. The third kappa shape index (κ3) is 9.25. The molecule has 37 heavy (non-hydrogen) atoms. The van der Waals surface area contributed by atoms with Crippen LogP contribution in [0.2, 0.25) is 0 Å². The Bertz CT molecular complexity index is 969. The van der Waals surface area contributed by atoms with Crippen LogP contribution in [0.15, 0.2) is 43.0 Å². The van der Waals surface area contributed by atoms with Gasteiger partial charge in [0.1, 0.15) is 24.7 Å². The molecule has 11 nitrogen and oxygen atoms in total. The van der Waals surface area contributed by atoms with E-state index in [0.29, 0.717) is 25.8 Å². The largest absolute Gasteiger partial charge is 0.445 e. The van der Waals surface area contributed by atoms with Gasteiger partial charge in [0, 0.05) is 13.0 Å². The van der Waals surface area contributed by atoms with Gasteiger partial charge in [-0.25, -0.2) is 4.79 Å². The summed E-state index contributed by atoms with van der Waals surface area (Å²) in [6.07, 6.45) is 2.48. The van der Waals surface area contributed by atoms with Gasteiger partial charge in [-0.05, 0) is 24.3 Å². The van der Waals surface area contributed by atoms with Crippen LogP contribution in [-0.4, -0.2) is 72.4 Å². The van der Waals surface area contributed by atoms with Crippen molar-refractivity contribution < 1.29 is 28.7 Å². The highest BCUT2D eigenvalue weighted by molar-refractivity contribution is 5.94. The van der Waals surface area contributed by atoms with Gasteiger partial charge in [-0.15, -0.1) is 0 Å². The van der Waals surface area contributed by atoms with Gasteiger partial charge in [-0.1, -0.05) is 63.3 Å². The Labute approximate surface area is 217 Å². The van der Waals surface area contributed by atoms with Gasteiger partial charge in [0.2, 0.25) is 23.6 Å². The number of primary amides is 1. The minimum Gasteiger partial charge on any atom is -0.445 e. The fraction of sp³-hybridized carbons (Fsp3) is 0.500. The van der Waals surface area contributed by atoms with Crippen LogP contribution in [0, 0.1) is 5.92 Å². The number of likely N-dealkylation sites (tertiary alicyclic amines) is 1. The van der Waals surface area contributed by atoms with Crippen LogP contribution in [0.25, 0.3) is 0 Å². The number of hydrogen-bond donors (Lipinski definition) is 4. The first-order chi connectivity index (χ1) is 17.7. The number of hydrogen-bond acceptors (Lipinski definition) is 6. The maximum Gasteiger partial charge on any atom is 0.408 e. The van der Waals surface area contributed by atoms with Gasteiger partial charge in [0.15, 0.2) is 0 Å². The first-order valence-corrected chi connectivity index (χ1v) is 12.4. The van der Waals surface area contributed by atoms with Crippen molar-refractivity contribution in [3.63, 3.8) is 0 Å². The van der Waals surface area contributed by atoms with Gasteiger partial charge in [-0.3, -0.25) is 19.2 Å². The van der Waals surface area contributed by atoms with Crippen LogP contribution in [-0.2, 0) is 30.3 Å². The molecule has 0 radical (unpaired) electrons. The summed E-state index contributed by atoms with van der Waals surface area (Å²) in [5, 5.41) is 7.88. The molecule has 1 aromatic rings.